The number of aromatic amines is 1. The Balaban J connectivity index is 1.80. The predicted molar refractivity (Wildman–Crippen MR) is 66.3 cm³/mol. The van der Waals surface area contributed by atoms with Gasteiger partial charge in [-0.2, -0.15) is 0 Å². The topological polar surface area (TPSA) is 79.9 Å². The number of hydrogen-bond donors (Lipinski definition) is 2. The highest BCUT2D eigenvalue weighted by molar-refractivity contribution is 5.84. The maximum Gasteiger partial charge on any atom is 0.378 e. The lowest BCUT2D eigenvalue weighted by Gasteiger charge is -2.21. The molecule has 0 radical (unpaired) electrons. The fourth-order valence-electron chi connectivity index (χ4n) is 2.21. The van der Waals surface area contributed by atoms with Gasteiger partial charge in [-0.25, -0.2) is 9.78 Å². The van der Waals surface area contributed by atoms with Gasteiger partial charge in [0.2, 0.25) is 0 Å². The van der Waals surface area contributed by atoms with E-state index in [2.05, 4.69) is 20.5 Å². The number of nitrogens with zero attached hydrogens (tertiary/aromatic N) is 2. The van der Waals surface area contributed by atoms with E-state index in [9.17, 15) is 4.79 Å². The Kier molecular flexibility index (Phi) is 4.69. The quantitative estimate of drug-likeness (QED) is 0.761. The molecule has 2 heterocycles. The van der Waals surface area contributed by atoms with Crippen molar-refractivity contribution in [3.63, 3.8) is 0 Å². The molecule has 1 atom stereocenters. The van der Waals surface area contributed by atoms with Gasteiger partial charge in [-0.15, -0.1) is 5.10 Å². The van der Waals surface area contributed by atoms with E-state index in [4.69, 9.17) is 4.74 Å². The van der Waals surface area contributed by atoms with Crippen LogP contribution in [0.25, 0.3) is 0 Å². The lowest BCUT2D eigenvalue weighted by Crippen LogP contribution is -2.30. The summed E-state index contributed by atoms with van der Waals surface area (Å²) in [6, 6.07) is 0. The van der Waals surface area contributed by atoms with Crippen LogP contribution in [0.15, 0.2) is 0 Å². The van der Waals surface area contributed by atoms with E-state index < -0.39 is 5.97 Å². The summed E-state index contributed by atoms with van der Waals surface area (Å²) in [4.78, 5) is 15.5. The lowest BCUT2D eigenvalue weighted by atomic mass is 9.95. The first-order valence-electron chi connectivity index (χ1n) is 6.58. The van der Waals surface area contributed by atoms with Gasteiger partial charge < -0.3 is 10.1 Å². The number of aryl methyl sites for hydroxylation is 1. The van der Waals surface area contributed by atoms with Gasteiger partial charge in [0.15, 0.2) is 0 Å². The van der Waals surface area contributed by atoms with E-state index >= 15 is 0 Å². The van der Waals surface area contributed by atoms with E-state index in [1.165, 1.54) is 12.8 Å². The van der Waals surface area contributed by atoms with E-state index in [0.717, 1.165) is 31.8 Å². The molecule has 6 nitrogen and oxygen atoms in total. The van der Waals surface area contributed by atoms with Gasteiger partial charge in [-0.1, -0.05) is 0 Å². The number of esters is 1. The van der Waals surface area contributed by atoms with Gasteiger partial charge in [0.25, 0.3) is 5.82 Å². The van der Waals surface area contributed by atoms with Crippen molar-refractivity contribution in [2.75, 3.05) is 19.7 Å². The Morgan fingerprint density at radius 1 is 1.56 bits per heavy atom. The van der Waals surface area contributed by atoms with Crippen LogP contribution in [-0.4, -0.2) is 40.8 Å². The van der Waals surface area contributed by atoms with Crippen molar-refractivity contribution in [2.45, 2.75) is 32.6 Å². The molecule has 2 rings (SSSR count). The second-order valence-corrected chi connectivity index (χ2v) is 4.58. The number of rotatable bonds is 5. The molecule has 1 aliphatic heterocycles. The molecule has 2 N–H and O–H groups in total. The summed E-state index contributed by atoms with van der Waals surface area (Å²) in [7, 11) is 0. The first-order valence-corrected chi connectivity index (χ1v) is 6.58. The molecule has 0 aromatic carbocycles. The molecule has 1 aromatic rings. The van der Waals surface area contributed by atoms with Crippen molar-refractivity contribution in [2.24, 2.45) is 5.92 Å². The molecule has 0 spiro atoms. The van der Waals surface area contributed by atoms with Crippen molar-refractivity contribution >= 4 is 5.97 Å². The van der Waals surface area contributed by atoms with Crippen LogP contribution >= 0.6 is 0 Å². The standard InChI is InChI=1S/C12H20N4O2/c1-2-18-12(17)11-14-10(15-16-11)6-5-9-4-3-7-13-8-9/h9,13H,2-8H2,1H3,(H,14,15,16). The molecule has 1 saturated heterocycles. The molecule has 0 saturated carbocycles. The Morgan fingerprint density at radius 2 is 2.44 bits per heavy atom. The second kappa shape index (κ2) is 6.49. The number of hydrogen-bond acceptors (Lipinski definition) is 5. The molecule has 100 valence electrons. The molecule has 18 heavy (non-hydrogen) atoms. The van der Waals surface area contributed by atoms with Gasteiger partial charge in [0.1, 0.15) is 5.82 Å². The Bertz CT molecular complexity index is 385. The maximum absolute atomic E-state index is 11.4. The fraction of sp³-hybridized carbons (Fsp3) is 0.750. The average molecular weight is 252 g/mol. The fourth-order valence-corrected chi connectivity index (χ4v) is 2.21. The minimum absolute atomic E-state index is 0.133. The molecular formula is C12H20N4O2. The summed E-state index contributed by atoms with van der Waals surface area (Å²) in [5.74, 6) is 1.14. The summed E-state index contributed by atoms with van der Waals surface area (Å²) in [5, 5.41) is 10.1. The molecule has 1 fully saturated rings. The van der Waals surface area contributed by atoms with Crippen LogP contribution in [0.5, 0.6) is 0 Å². The highest BCUT2D eigenvalue weighted by Crippen LogP contribution is 2.15. The van der Waals surface area contributed by atoms with E-state index in [1.54, 1.807) is 6.92 Å². The summed E-state index contributed by atoms with van der Waals surface area (Å²) in [5.41, 5.74) is 0. The largest absolute Gasteiger partial charge is 0.460 e. The van der Waals surface area contributed by atoms with Crippen molar-refractivity contribution in [1.29, 1.82) is 0 Å². The molecule has 1 unspecified atom stereocenters. The minimum atomic E-state index is -0.459. The zero-order valence-electron chi connectivity index (χ0n) is 10.7. The van der Waals surface area contributed by atoms with Crippen LogP contribution in [0.3, 0.4) is 0 Å². The third-order valence-electron chi connectivity index (χ3n) is 3.18. The molecule has 0 bridgehead atoms. The molecule has 6 heteroatoms. The van der Waals surface area contributed by atoms with Crippen molar-refractivity contribution < 1.29 is 9.53 Å². The number of carbonyl (C=O) groups is 1. The highest BCUT2D eigenvalue weighted by Gasteiger charge is 2.16. The van der Waals surface area contributed by atoms with Crippen molar-refractivity contribution in [1.82, 2.24) is 20.5 Å². The van der Waals surface area contributed by atoms with Crippen LogP contribution in [0.4, 0.5) is 0 Å². The third-order valence-corrected chi connectivity index (χ3v) is 3.18. The van der Waals surface area contributed by atoms with Crippen LogP contribution < -0.4 is 5.32 Å². The number of carbonyl (C=O) groups excluding carboxylic acids is 1. The van der Waals surface area contributed by atoms with E-state index in [0.29, 0.717) is 12.5 Å². The lowest BCUT2D eigenvalue weighted by molar-refractivity contribution is 0.0512. The number of aromatic nitrogens is 3. The number of H-pyrrole nitrogens is 1. The Morgan fingerprint density at radius 3 is 3.17 bits per heavy atom. The normalized spacial score (nSPS) is 19.7. The highest BCUT2D eigenvalue weighted by atomic mass is 16.5. The zero-order chi connectivity index (χ0) is 12.8. The number of piperidine rings is 1. The third kappa shape index (κ3) is 3.53. The zero-order valence-corrected chi connectivity index (χ0v) is 10.7. The predicted octanol–water partition coefficient (Wildman–Crippen LogP) is 0.914. The monoisotopic (exact) mass is 252 g/mol. The van der Waals surface area contributed by atoms with Gasteiger partial charge in [0.05, 0.1) is 6.61 Å². The smallest absolute Gasteiger partial charge is 0.378 e. The Hall–Kier alpha value is -1.43. The molecule has 0 amide bonds. The van der Waals surface area contributed by atoms with Gasteiger partial charge in [0, 0.05) is 6.42 Å². The van der Waals surface area contributed by atoms with Crippen LogP contribution in [0.2, 0.25) is 0 Å². The molecule has 0 aliphatic carbocycles. The Labute approximate surface area is 107 Å². The summed E-state index contributed by atoms with van der Waals surface area (Å²) in [6.45, 7) is 4.32. The van der Waals surface area contributed by atoms with E-state index in [1.807, 2.05) is 0 Å². The average Bonchev–Trinajstić information content (AvgIpc) is 2.87. The number of nitrogens with one attached hydrogen (secondary N) is 2. The summed E-state index contributed by atoms with van der Waals surface area (Å²) >= 11 is 0. The van der Waals surface area contributed by atoms with E-state index in [-0.39, 0.29) is 5.82 Å². The van der Waals surface area contributed by atoms with Crippen molar-refractivity contribution in [3.8, 4) is 0 Å². The van der Waals surface area contributed by atoms with Crippen LogP contribution in [0.1, 0.15) is 42.6 Å². The van der Waals surface area contributed by atoms with Gasteiger partial charge in [-0.05, 0) is 45.2 Å². The maximum atomic E-state index is 11.4. The van der Waals surface area contributed by atoms with Crippen molar-refractivity contribution in [3.05, 3.63) is 11.6 Å². The van der Waals surface area contributed by atoms with Crippen LogP contribution in [0, 0.1) is 5.92 Å². The van der Waals surface area contributed by atoms with Gasteiger partial charge >= 0.3 is 5.97 Å². The first-order chi connectivity index (χ1) is 8.79. The summed E-state index contributed by atoms with van der Waals surface area (Å²) < 4.78 is 4.84. The first kappa shape index (κ1) is 13.0. The van der Waals surface area contributed by atoms with Crippen LogP contribution in [-0.2, 0) is 11.2 Å². The minimum Gasteiger partial charge on any atom is -0.460 e. The SMILES string of the molecule is CCOC(=O)c1n[nH]c(CCC2CCCNC2)n1. The molecule has 1 aliphatic rings. The molecule has 1 aromatic heterocycles. The molecular weight excluding hydrogens is 232 g/mol. The summed E-state index contributed by atoms with van der Waals surface area (Å²) in [6.07, 6.45) is 4.42. The second-order valence-electron chi connectivity index (χ2n) is 4.58. The number of ether oxygens (including phenoxy) is 1. The van der Waals surface area contributed by atoms with Gasteiger partial charge in [-0.3, -0.25) is 5.10 Å².